The van der Waals surface area contributed by atoms with Crippen molar-refractivity contribution in [2.24, 2.45) is 0 Å². The molecule has 0 N–H and O–H groups in total. The van der Waals surface area contributed by atoms with Crippen LogP contribution < -0.4 is 0 Å². The van der Waals surface area contributed by atoms with Gasteiger partial charge in [0.25, 0.3) is 0 Å². The fourth-order valence-electron chi connectivity index (χ4n) is 1.27. The third-order valence-corrected chi connectivity index (χ3v) is 2.85. The van der Waals surface area contributed by atoms with E-state index >= 15 is 0 Å². The first-order valence-electron chi connectivity index (χ1n) is 4.91. The second-order valence-electron chi connectivity index (χ2n) is 3.40. The highest BCUT2D eigenvalue weighted by Gasteiger charge is 1.96. The number of carbonyl (C=O) groups is 1. The number of hydrogen-bond acceptors (Lipinski definition) is 2. The van der Waals surface area contributed by atoms with Gasteiger partial charge >= 0.3 is 0 Å². The molecule has 0 bridgehead atoms. The van der Waals surface area contributed by atoms with Gasteiger partial charge in [0.2, 0.25) is 0 Å². The van der Waals surface area contributed by atoms with Crippen LogP contribution in [0, 0.1) is 11.8 Å². The Labute approximate surface area is 98.7 Å². The maximum absolute atomic E-state index is 11.1. The van der Waals surface area contributed by atoms with E-state index in [1.807, 2.05) is 29.0 Å². The van der Waals surface area contributed by atoms with Crippen LogP contribution in [-0.2, 0) is 0 Å². The SMILES string of the molecule is CC(=O)c1ccc(C#Cc2ccsc2)cc1. The molecule has 1 heterocycles. The molecule has 0 aliphatic carbocycles. The number of rotatable bonds is 1. The average Bonchev–Trinajstić information content (AvgIpc) is 2.80. The predicted octanol–water partition coefficient (Wildman–Crippen LogP) is 3.35. The third-order valence-electron chi connectivity index (χ3n) is 2.16. The molecule has 78 valence electrons. The lowest BCUT2D eigenvalue weighted by Crippen LogP contribution is -1.90. The van der Waals surface area contributed by atoms with E-state index in [9.17, 15) is 4.79 Å². The molecule has 0 fully saturated rings. The van der Waals surface area contributed by atoms with Crippen LogP contribution >= 0.6 is 11.3 Å². The molecule has 0 atom stereocenters. The van der Waals surface area contributed by atoms with Crippen LogP contribution in [0.4, 0.5) is 0 Å². The Morgan fingerprint density at radius 1 is 1.06 bits per heavy atom. The van der Waals surface area contributed by atoms with E-state index in [0.29, 0.717) is 0 Å². The Balaban J connectivity index is 2.20. The van der Waals surface area contributed by atoms with Crippen molar-refractivity contribution in [2.75, 3.05) is 0 Å². The van der Waals surface area contributed by atoms with Crippen LogP contribution in [0.5, 0.6) is 0 Å². The number of ketones is 1. The monoisotopic (exact) mass is 226 g/mol. The summed E-state index contributed by atoms with van der Waals surface area (Å²) in [5.41, 5.74) is 2.68. The molecular formula is C14H10OS. The molecule has 1 aromatic carbocycles. The summed E-state index contributed by atoms with van der Waals surface area (Å²) in [7, 11) is 0. The van der Waals surface area contributed by atoms with Gasteiger partial charge in [0.15, 0.2) is 5.78 Å². The summed E-state index contributed by atoms with van der Waals surface area (Å²) in [6.45, 7) is 1.56. The predicted molar refractivity (Wildman–Crippen MR) is 66.7 cm³/mol. The Morgan fingerprint density at radius 2 is 1.75 bits per heavy atom. The minimum atomic E-state index is 0.0809. The molecule has 0 aliphatic heterocycles. The largest absolute Gasteiger partial charge is 0.295 e. The molecule has 1 aromatic heterocycles. The fourth-order valence-corrected chi connectivity index (χ4v) is 1.86. The van der Waals surface area contributed by atoms with Gasteiger partial charge in [0, 0.05) is 22.1 Å². The normalized spacial score (nSPS) is 9.31. The number of Topliss-reactive ketones (excluding diaryl/α,β-unsaturated/α-hetero) is 1. The highest BCUT2D eigenvalue weighted by Crippen LogP contribution is 2.06. The van der Waals surface area contributed by atoms with E-state index in [1.54, 1.807) is 30.4 Å². The summed E-state index contributed by atoms with van der Waals surface area (Å²) in [4.78, 5) is 11.1. The summed E-state index contributed by atoms with van der Waals surface area (Å²) in [5.74, 6) is 6.20. The minimum absolute atomic E-state index is 0.0809. The van der Waals surface area contributed by atoms with Crippen molar-refractivity contribution >= 4 is 17.1 Å². The summed E-state index contributed by atoms with van der Waals surface area (Å²) >= 11 is 1.63. The molecule has 0 radical (unpaired) electrons. The lowest BCUT2D eigenvalue weighted by Gasteiger charge is -1.94. The van der Waals surface area contributed by atoms with Gasteiger partial charge in [-0.3, -0.25) is 4.79 Å². The number of benzene rings is 1. The first kappa shape index (κ1) is 10.7. The van der Waals surface area contributed by atoms with Crippen molar-refractivity contribution in [1.29, 1.82) is 0 Å². The van der Waals surface area contributed by atoms with Gasteiger partial charge in [-0.2, -0.15) is 11.3 Å². The summed E-state index contributed by atoms with van der Waals surface area (Å²) in [5, 5.41) is 4.01. The topological polar surface area (TPSA) is 17.1 Å². The Hall–Kier alpha value is -1.85. The first-order chi connectivity index (χ1) is 7.75. The van der Waals surface area contributed by atoms with Gasteiger partial charge in [-0.25, -0.2) is 0 Å². The number of hydrogen-bond donors (Lipinski definition) is 0. The molecule has 0 saturated heterocycles. The molecule has 0 aliphatic rings. The van der Waals surface area contributed by atoms with E-state index in [-0.39, 0.29) is 5.78 Å². The zero-order valence-electron chi connectivity index (χ0n) is 8.86. The Kier molecular flexibility index (Phi) is 3.19. The van der Waals surface area contributed by atoms with Gasteiger partial charge in [-0.05, 0) is 30.5 Å². The molecule has 0 saturated carbocycles. The summed E-state index contributed by atoms with van der Waals surface area (Å²) in [6, 6.07) is 9.34. The quantitative estimate of drug-likeness (QED) is 0.538. The van der Waals surface area contributed by atoms with Crippen molar-refractivity contribution in [1.82, 2.24) is 0 Å². The highest BCUT2D eigenvalue weighted by atomic mass is 32.1. The first-order valence-corrected chi connectivity index (χ1v) is 5.85. The Morgan fingerprint density at radius 3 is 2.31 bits per heavy atom. The second-order valence-corrected chi connectivity index (χ2v) is 4.18. The van der Waals surface area contributed by atoms with Crippen molar-refractivity contribution in [3.63, 3.8) is 0 Å². The van der Waals surface area contributed by atoms with E-state index in [0.717, 1.165) is 16.7 Å². The van der Waals surface area contributed by atoms with E-state index in [2.05, 4.69) is 11.8 Å². The van der Waals surface area contributed by atoms with Crippen LogP contribution in [0.1, 0.15) is 28.4 Å². The molecular weight excluding hydrogens is 216 g/mol. The minimum Gasteiger partial charge on any atom is -0.295 e. The van der Waals surface area contributed by atoms with Gasteiger partial charge < -0.3 is 0 Å². The van der Waals surface area contributed by atoms with E-state index in [1.165, 1.54) is 0 Å². The summed E-state index contributed by atoms with van der Waals surface area (Å²) in [6.07, 6.45) is 0. The zero-order chi connectivity index (χ0) is 11.4. The maximum Gasteiger partial charge on any atom is 0.159 e. The van der Waals surface area contributed by atoms with Crippen molar-refractivity contribution in [3.05, 3.63) is 57.8 Å². The maximum atomic E-state index is 11.1. The van der Waals surface area contributed by atoms with Crippen LogP contribution in [0.2, 0.25) is 0 Å². The van der Waals surface area contributed by atoms with Crippen LogP contribution in [0.3, 0.4) is 0 Å². The second kappa shape index (κ2) is 4.78. The molecule has 0 spiro atoms. The van der Waals surface area contributed by atoms with E-state index < -0.39 is 0 Å². The molecule has 1 nitrogen and oxygen atoms in total. The third kappa shape index (κ3) is 2.59. The fraction of sp³-hybridized carbons (Fsp3) is 0.0714. The Bertz CT molecular complexity index is 539. The van der Waals surface area contributed by atoms with Crippen LogP contribution in [0.15, 0.2) is 41.1 Å². The molecule has 2 rings (SSSR count). The summed E-state index contributed by atoms with van der Waals surface area (Å²) < 4.78 is 0. The van der Waals surface area contributed by atoms with Crippen molar-refractivity contribution in [2.45, 2.75) is 6.92 Å². The van der Waals surface area contributed by atoms with Gasteiger partial charge in [0.05, 0.1) is 0 Å². The van der Waals surface area contributed by atoms with Crippen LogP contribution in [-0.4, -0.2) is 5.78 Å². The molecule has 0 amide bonds. The number of thiophene rings is 1. The van der Waals surface area contributed by atoms with Crippen molar-refractivity contribution < 1.29 is 4.79 Å². The molecule has 2 aromatic rings. The van der Waals surface area contributed by atoms with Gasteiger partial charge in [-0.15, -0.1) is 0 Å². The average molecular weight is 226 g/mol. The van der Waals surface area contributed by atoms with E-state index in [4.69, 9.17) is 0 Å². The molecule has 16 heavy (non-hydrogen) atoms. The molecule has 2 heteroatoms. The lowest BCUT2D eigenvalue weighted by molar-refractivity contribution is 0.101. The lowest BCUT2D eigenvalue weighted by atomic mass is 10.1. The standard InChI is InChI=1S/C14H10OS/c1-11(15)14-6-4-12(5-7-14)2-3-13-8-9-16-10-13/h4-10H,1H3. The highest BCUT2D eigenvalue weighted by molar-refractivity contribution is 7.08. The van der Waals surface area contributed by atoms with Crippen LogP contribution in [0.25, 0.3) is 0 Å². The van der Waals surface area contributed by atoms with Gasteiger partial charge in [0.1, 0.15) is 0 Å². The zero-order valence-corrected chi connectivity index (χ0v) is 9.67. The van der Waals surface area contributed by atoms with Crippen molar-refractivity contribution in [3.8, 4) is 11.8 Å². The number of carbonyl (C=O) groups excluding carboxylic acids is 1. The van der Waals surface area contributed by atoms with Gasteiger partial charge in [-0.1, -0.05) is 24.0 Å². The smallest absolute Gasteiger partial charge is 0.159 e. The molecule has 0 unspecified atom stereocenters.